The van der Waals surface area contributed by atoms with E-state index in [9.17, 15) is 0 Å². The van der Waals surface area contributed by atoms with Gasteiger partial charge in [-0.25, -0.2) is 0 Å². The fraction of sp³-hybridized carbons (Fsp3) is 0.650. The van der Waals surface area contributed by atoms with Gasteiger partial charge in [-0.05, 0) is 50.2 Å². The average Bonchev–Trinajstić information content (AvgIpc) is 3.34. The van der Waals surface area contributed by atoms with Crippen molar-refractivity contribution in [1.82, 2.24) is 19.7 Å². The number of anilines is 1. The Labute approximate surface area is 165 Å². The van der Waals surface area contributed by atoms with E-state index >= 15 is 0 Å². The normalized spacial score (nSPS) is 21.1. The summed E-state index contributed by atoms with van der Waals surface area (Å²) in [5.74, 6) is 2.79. The van der Waals surface area contributed by atoms with Gasteiger partial charge in [-0.2, -0.15) is 0 Å². The van der Waals surface area contributed by atoms with Gasteiger partial charge in [0.15, 0.2) is 5.16 Å². The van der Waals surface area contributed by atoms with Crippen molar-refractivity contribution in [3.05, 3.63) is 30.1 Å². The van der Waals surface area contributed by atoms with Crippen LogP contribution in [0, 0.1) is 5.92 Å². The lowest BCUT2D eigenvalue weighted by atomic mass is 10.00. The summed E-state index contributed by atoms with van der Waals surface area (Å²) in [7, 11) is 0. The summed E-state index contributed by atoms with van der Waals surface area (Å²) in [6, 6.07) is 6.08. The second kappa shape index (κ2) is 9.06. The first-order chi connectivity index (χ1) is 13.3. The molecule has 0 radical (unpaired) electrons. The van der Waals surface area contributed by atoms with E-state index in [4.69, 9.17) is 4.74 Å². The van der Waals surface area contributed by atoms with Crippen molar-refractivity contribution >= 4 is 17.7 Å². The number of thioether (sulfide) groups is 1. The number of aromatic nitrogens is 4. The van der Waals surface area contributed by atoms with Crippen LogP contribution in [0.2, 0.25) is 0 Å². The highest BCUT2D eigenvalue weighted by molar-refractivity contribution is 7.99. The lowest BCUT2D eigenvalue weighted by Gasteiger charge is -2.31. The molecular formula is C20H29N5OS. The highest BCUT2D eigenvalue weighted by Crippen LogP contribution is 2.28. The number of hydrogen-bond donors (Lipinski definition) is 0. The van der Waals surface area contributed by atoms with Crippen molar-refractivity contribution in [2.45, 2.75) is 56.8 Å². The second-order valence-electron chi connectivity index (χ2n) is 7.62. The van der Waals surface area contributed by atoms with Crippen molar-refractivity contribution in [2.24, 2.45) is 5.92 Å². The average molecular weight is 388 g/mol. The van der Waals surface area contributed by atoms with Crippen LogP contribution in [0.4, 0.5) is 5.95 Å². The van der Waals surface area contributed by atoms with Crippen LogP contribution < -0.4 is 4.90 Å². The summed E-state index contributed by atoms with van der Waals surface area (Å²) >= 11 is 1.78. The first-order valence-electron chi connectivity index (χ1n) is 10.1. The zero-order chi connectivity index (χ0) is 18.5. The van der Waals surface area contributed by atoms with E-state index in [0.717, 1.165) is 74.0 Å². The highest BCUT2D eigenvalue weighted by atomic mass is 32.2. The quantitative estimate of drug-likeness (QED) is 0.679. The fourth-order valence-electron chi connectivity index (χ4n) is 3.77. The Balaban J connectivity index is 1.46. The van der Waals surface area contributed by atoms with E-state index in [1.807, 2.05) is 18.3 Å². The van der Waals surface area contributed by atoms with Crippen molar-refractivity contribution < 1.29 is 4.74 Å². The minimum absolute atomic E-state index is 0.290. The molecule has 2 aliphatic rings. The predicted molar refractivity (Wildman–Crippen MR) is 108 cm³/mol. The third-order valence-corrected chi connectivity index (χ3v) is 6.46. The molecule has 2 aromatic rings. The molecule has 0 aromatic carbocycles. The molecule has 0 N–H and O–H groups in total. The van der Waals surface area contributed by atoms with E-state index in [-0.39, 0.29) is 0 Å². The van der Waals surface area contributed by atoms with Gasteiger partial charge >= 0.3 is 0 Å². The largest absolute Gasteiger partial charge is 0.376 e. The van der Waals surface area contributed by atoms with Crippen LogP contribution in [0.3, 0.4) is 0 Å². The summed E-state index contributed by atoms with van der Waals surface area (Å²) in [6.07, 6.45) is 7.84. The molecule has 1 atom stereocenters. The smallest absolute Gasteiger partial charge is 0.228 e. The van der Waals surface area contributed by atoms with Crippen LogP contribution in [0.1, 0.15) is 38.3 Å². The lowest BCUT2D eigenvalue weighted by Crippen LogP contribution is -2.35. The van der Waals surface area contributed by atoms with Gasteiger partial charge < -0.3 is 9.64 Å². The number of pyridine rings is 1. The molecule has 4 rings (SSSR count). The molecular weight excluding hydrogens is 358 g/mol. The summed E-state index contributed by atoms with van der Waals surface area (Å²) in [6.45, 7) is 6.23. The third-order valence-electron chi connectivity index (χ3n) is 5.49. The van der Waals surface area contributed by atoms with Gasteiger partial charge in [0, 0.05) is 37.3 Å². The topological polar surface area (TPSA) is 56.1 Å². The minimum atomic E-state index is 0.290. The molecule has 0 aliphatic carbocycles. The van der Waals surface area contributed by atoms with Gasteiger partial charge in [0.25, 0.3) is 0 Å². The maximum Gasteiger partial charge on any atom is 0.228 e. The van der Waals surface area contributed by atoms with Crippen LogP contribution in [-0.4, -0.2) is 51.3 Å². The van der Waals surface area contributed by atoms with Gasteiger partial charge in [0.05, 0.1) is 12.6 Å². The standard InChI is InChI=1S/C20H29N5OS/c1-16-7-11-24(12-8-16)19-22-23-20(25(19)15-18-6-4-13-26-18)27-14-9-17-5-2-3-10-21-17/h2-3,5,10,16,18H,4,6-9,11-15H2,1H3. The lowest BCUT2D eigenvalue weighted by molar-refractivity contribution is 0.0951. The maximum absolute atomic E-state index is 5.90. The van der Waals surface area contributed by atoms with E-state index in [2.05, 4.69) is 37.6 Å². The molecule has 7 heteroatoms. The van der Waals surface area contributed by atoms with Crippen molar-refractivity contribution in [3.63, 3.8) is 0 Å². The molecule has 27 heavy (non-hydrogen) atoms. The summed E-state index contributed by atoms with van der Waals surface area (Å²) in [5.41, 5.74) is 1.13. The zero-order valence-electron chi connectivity index (χ0n) is 16.1. The molecule has 2 aliphatic heterocycles. The Morgan fingerprint density at radius 2 is 2.07 bits per heavy atom. The summed E-state index contributed by atoms with van der Waals surface area (Å²) in [4.78, 5) is 6.82. The van der Waals surface area contributed by atoms with E-state index in [0.29, 0.717) is 6.10 Å². The highest BCUT2D eigenvalue weighted by Gasteiger charge is 2.25. The first-order valence-corrected chi connectivity index (χ1v) is 11.1. The second-order valence-corrected chi connectivity index (χ2v) is 8.68. The predicted octanol–water partition coefficient (Wildman–Crippen LogP) is 3.42. The van der Waals surface area contributed by atoms with Gasteiger partial charge in [0.2, 0.25) is 5.95 Å². The molecule has 1 unspecified atom stereocenters. The minimum Gasteiger partial charge on any atom is -0.376 e. The van der Waals surface area contributed by atoms with E-state index < -0.39 is 0 Å². The molecule has 0 amide bonds. The van der Waals surface area contributed by atoms with E-state index in [1.54, 1.807) is 11.8 Å². The van der Waals surface area contributed by atoms with Crippen LogP contribution >= 0.6 is 11.8 Å². The monoisotopic (exact) mass is 387 g/mol. The first kappa shape index (κ1) is 18.7. The Bertz CT molecular complexity index is 708. The van der Waals surface area contributed by atoms with Crippen LogP contribution in [0.15, 0.2) is 29.6 Å². The van der Waals surface area contributed by atoms with Gasteiger partial charge in [-0.15, -0.1) is 10.2 Å². The van der Waals surface area contributed by atoms with Crippen molar-refractivity contribution in [1.29, 1.82) is 0 Å². The fourth-order valence-corrected chi connectivity index (χ4v) is 4.68. The summed E-state index contributed by atoms with van der Waals surface area (Å²) in [5, 5.41) is 10.1. The number of piperidine rings is 1. The maximum atomic E-state index is 5.90. The van der Waals surface area contributed by atoms with Gasteiger partial charge in [-0.1, -0.05) is 24.8 Å². The molecule has 0 bridgehead atoms. The summed E-state index contributed by atoms with van der Waals surface area (Å²) < 4.78 is 8.20. The molecule has 4 heterocycles. The number of aryl methyl sites for hydroxylation is 1. The molecule has 6 nitrogen and oxygen atoms in total. The SMILES string of the molecule is CC1CCN(c2nnc(SCCc3ccccn3)n2CC2CCCO2)CC1. The molecule has 0 spiro atoms. The molecule has 2 saturated heterocycles. The third kappa shape index (κ3) is 4.82. The van der Waals surface area contributed by atoms with Crippen molar-refractivity contribution in [3.8, 4) is 0 Å². The number of hydrogen-bond acceptors (Lipinski definition) is 6. The molecule has 2 fully saturated rings. The number of ether oxygens (including phenoxy) is 1. The molecule has 2 aromatic heterocycles. The molecule has 0 saturated carbocycles. The van der Waals surface area contributed by atoms with Gasteiger partial charge in [0.1, 0.15) is 0 Å². The number of rotatable bonds is 7. The molecule has 146 valence electrons. The van der Waals surface area contributed by atoms with Gasteiger partial charge in [-0.3, -0.25) is 9.55 Å². The van der Waals surface area contributed by atoms with Crippen LogP contribution in [-0.2, 0) is 17.7 Å². The van der Waals surface area contributed by atoms with Crippen molar-refractivity contribution in [2.75, 3.05) is 30.3 Å². The Morgan fingerprint density at radius 3 is 2.81 bits per heavy atom. The Kier molecular flexibility index (Phi) is 6.29. The zero-order valence-corrected chi connectivity index (χ0v) is 16.9. The van der Waals surface area contributed by atoms with Crippen LogP contribution in [0.25, 0.3) is 0 Å². The Hall–Kier alpha value is -1.60. The number of nitrogens with zero attached hydrogens (tertiary/aromatic N) is 5. The van der Waals surface area contributed by atoms with Crippen LogP contribution in [0.5, 0.6) is 0 Å². The van der Waals surface area contributed by atoms with E-state index in [1.165, 1.54) is 12.8 Å². The Morgan fingerprint density at radius 1 is 1.19 bits per heavy atom.